The van der Waals surface area contributed by atoms with Gasteiger partial charge in [-0.1, -0.05) is 19.3 Å². The van der Waals surface area contributed by atoms with Gasteiger partial charge in [-0.05, 0) is 20.3 Å². The first-order chi connectivity index (χ1) is 4.62. The third-order valence-corrected chi connectivity index (χ3v) is 1.54. The Labute approximate surface area is 64.2 Å². The summed E-state index contributed by atoms with van der Waals surface area (Å²) in [7, 11) is 0. The lowest BCUT2D eigenvalue weighted by Gasteiger charge is -2.24. The van der Waals surface area contributed by atoms with Crippen molar-refractivity contribution in [3.05, 3.63) is 0 Å². The molecule has 1 nitrogen and oxygen atoms in total. The Morgan fingerprint density at radius 2 is 2.10 bits per heavy atom. The van der Waals surface area contributed by atoms with E-state index in [0.29, 0.717) is 6.54 Å². The summed E-state index contributed by atoms with van der Waals surface area (Å²) in [6.07, 6.45) is 7.49. The molecule has 0 aromatic rings. The fourth-order valence-corrected chi connectivity index (χ4v) is 1.00. The first kappa shape index (κ1) is 9.52. The average molecular weight is 139 g/mol. The van der Waals surface area contributed by atoms with E-state index in [9.17, 15) is 0 Å². The second kappa shape index (κ2) is 4.35. The molecule has 0 saturated heterocycles. The van der Waals surface area contributed by atoms with Gasteiger partial charge < -0.3 is 5.32 Å². The van der Waals surface area contributed by atoms with E-state index in [-0.39, 0.29) is 5.54 Å². The topological polar surface area (TPSA) is 12.0 Å². The Morgan fingerprint density at radius 3 is 2.50 bits per heavy atom. The van der Waals surface area contributed by atoms with Crippen LogP contribution in [0, 0.1) is 12.3 Å². The maximum atomic E-state index is 5.12. The number of nitrogens with one attached hydrogen (secondary N) is 1. The van der Waals surface area contributed by atoms with Crippen molar-refractivity contribution in [3.63, 3.8) is 0 Å². The van der Waals surface area contributed by atoms with Crippen LogP contribution in [0.4, 0.5) is 0 Å². The van der Waals surface area contributed by atoms with Gasteiger partial charge in [-0.25, -0.2) is 0 Å². The van der Waals surface area contributed by atoms with E-state index in [2.05, 4.69) is 32.0 Å². The van der Waals surface area contributed by atoms with Gasteiger partial charge in [0, 0.05) is 5.54 Å². The molecule has 1 heteroatoms. The third kappa shape index (κ3) is 4.40. The molecule has 0 aliphatic heterocycles. The molecule has 0 rings (SSSR count). The fourth-order valence-electron chi connectivity index (χ4n) is 1.00. The maximum Gasteiger partial charge on any atom is 0.0577 e. The molecule has 0 aliphatic rings. The van der Waals surface area contributed by atoms with Crippen LogP contribution in [0.2, 0.25) is 0 Å². The van der Waals surface area contributed by atoms with Crippen molar-refractivity contribution >= 4 is 0 Å². The minimum atomic E-state index is 0.209. The quantitative estimate of drug-likeness (QED) is 0.585. The van der Waals surface area contributed by atoms with Gasteiger partial charge in [0.2, 0.25) is 0 Å². The predicted octanol–water partition coefficient (Wildman–Crippen LogP) is 1.79. The lowest BCUT2D eigenvalue weighted by molar-refractivity contribution is 0.377. The first-order valence-electron chi connectivity index (χ1n) is 3.81. The van der Waals surface area contributed by atoms with Crippen molar-refractivity contribution in [2.24, 2.45) is 0 Å². The highest BCUT2D eigenvalue weighted by Gasteiger charge is 2.13. The summed E-state index contributed by atoms with van der Waals surface area (Å²) >= 11 is 0. The van der Waals surface area contributed by atoms with Crippen LogP contribution >= 0.6 is 0 Å². The number of terminal acetylenes is 1. The molecule has 0 aromatic heterocycles. The molecule has 0 radical (unpaired) electrons. The normalized spacial score (nSPS) is 11.0. The van der Waals surface area contributed by atoms with Gasteiger partial charge in [-0.3, -0.25) is 0 Å². The lowest BCUT2D eigenvalue weighted by atomic mass is 9.99. The van der Waals surface area contributed by atoms with Gasteiger partial charge in [0.25, 0.3) is 0 Å². The summed E-state index contributed by atoms with van der Waals surface area (Å²) in [5.41, 5.74) is 0.209. The van der Waals surface area contributed by atoms with Crippen LogP contribution in [0.1, 0.15) is 33.6 Å². The molecule has 0 saturated carbocycles. The zero-order chi connectivity index (χ0) is 8.04. The molecule has 1 N–H and O–H groups in total. The third-order valence-electron chi connectivity index (χ3n) is 1.54. The molecule has 0 spiro atoms. The molecular formula is C9H17N. The van der Waals surface area contributed by atoms with Gasteiger partial charge >= 0.3 is 0 Å². The molecule has 0 aromatic carbocycles. The average Bonchev–Trinajstić information content (AvgIpc) is 1.84. The Kier molecular flexibility index (Phi) is 4.14. The zero-order valence-corrected chi connectivity index (χ0v) is 7.20. The number of hydrogen-bond donors (Lipinski definition) is 1. The summed E-state index contributed by atoms with van der Waals surface area (Å²) in [4.78, 5) is 0. The first-order valence-corrected chi connectivity index (χ1v) is 3.81. The van der Waals surface area contributed by atoms with Crippen molar-refractivity contribution in [2.45, 2.75) is 39.2 Å². The van der Waals surface area contributed by atoms with Crippen molar-refractivity contribution in [1.82, 2.24) is 5.32 Å². The highest BCUT2D eigenvalue weighted by Crippen LogP contribution is 2.09. The van der Waals surface area contributed by atoms with Crippen LogP contribution in [0.5, 0.6) is 0 Å². The minimum absolute atomic E-state index is 0.209. The van der Waals surface area contributed by atoms with Crippen molar-refractivity contribution in [1.29, 1.82) is 0 Å². The standard InChI is InChI=1S/C9H17N/c1-5-7-9(3,4)10-8-6-2/h2,10H,5,7-8H2,1,3-4H3. The maximum absolute atomic E-state index is 5.12. The Morgan fingerprint density at radius 1 is 1.50 bits per heavy atom. The monoisotopic (exact) mass is 139 g/mol. The highest BCUT2D eigenvalue weighted by molar-refractivity contribution is 4.90. The molecule has 0 amide bonds. The van der Waals surface area contributed by atoms with Crippen LogP contribution in [0.3, 0.4) is 0 Å². The number of rotatable bonds is 4. The lowest BCUT2D eigenvalue weighted by Crippen LogP contribution is -2.39. The molecule has 0 fully saturated rings. The van der Waals surface area contributed by atoms with Gasteiger partial charge in [-0.15, -0.1) is 6.42 Å². The van der Waals surface area contributed by atoms with E-state index in [1.54, 1.807) is 0 Å². The van der Waals surface area contributed by atoms with Crippen molar-refractivity contribution in [2.75, 3.05) is 6.54 Å². The van der Waals surface area contributed by atoms with Gasteiger partial charge in [0.1, 0.15) is 0 Å². The Balaban J connectivity index is 3.54. The molecular weight excluding hydrogens is 122 g/mol. The van der Waals surface area contributed by atoms with Crippen LogP contribution in [0.25, 0.3) is 0 Å². The van der Waals surface area contributed by atoms with E-state index >= 15 is 0 Å². The van der Waals surface area contributed by atoms with Gasteiger partial charge in [0.15, 0.2) is 0 Å². The SMILES string of the molecule is C#CCNC(C)(C)CCC. The predicted molar refractivity (Wildman–Crippen MR) is 45.8 cm³/mol. The van der Waals surface area contributed by atoms with Crippen LogP contribution in [0.15, 0.2) is 0 Å². The van der Waals surface area contributed by atoms with E-state index in [1.807, 2.05) is 0 Å². The van der Waals surface area contributed by atoms with E-state index in [1.165, 1.54) is 12.8 Å². The highest BCUT2D eigenvalue weighted by atomic mass is 14.9. The second-order valence-corrected chi connectivity index (χ2v) is 3.19. The molecule has 58 valence electrons. The summed E-state index contributed by atoms with van der Waals surface area (Å²) < 4.78 is 0. The summed E-state index contributed by atoms with van der Waals surface area (Å²) in [5, 5.41) is 3.27. The van der Waals surface area contributed by atoms with Gasteiger partial charge in [-0.2, -0.15) is 0 Å². The Hall–Kier alpha value is -0.480. The van der Waals surface area contributed by atoms with E-state index in [0.717, 1.165) is 0 Å². The second-order valence-electron chi connectivity index (χ2n) is 3.19. The molecule has 0 atom stereocenters. The fraction of sp³-hybridized carbons (Fsp3) is 0.778. The largest absolute Gasteiger partial charge is 0.301 e. The summed E-state index contributed by atoms with van der Waals surface area (Å²) in [5.74, 6) is 2.57. The summed E-state index contributed by atoms with van der Waals surface area (Å²) in [6, 6.07) is 0. The molecule has 0 aliphatic carbocycles. The van der Waals surface area contributed by atoms with Crippen LogP contribution < -0.4 is 5.32 Å². The Bertz CT molecular complexity index is 119. The molecule has 0 unspecified atom stereocenters. The summed E-state index contributed by atoms with van der Waals surface area (Å²) in [6.45, 7) is 7.20. The van der Waals surface area contributed by atoms with Crippen LogP contribution in [-0.4, -0.2) is 12.1 Å². The van der Waals surface area contributed by atoms with Crippen molar-refractivity contribution in [3.8, 4) is 12.3 Å². The molecule has 10 heavy (non-hydrogen) atoms. The van der Waals surface area contributed by atoms with Crippen LogP contribution in [-0.2, 0) is 0 Å². The smallest absolute Gasteiger partial charge is 0.0577 e. The van der Waals surface area contributed by atoms with E-state index in [4.69, 9.17) is 6.42 Å². The molecule has 0 bridgehead atoms. The van der Waals surface area contributed by atoms with Gasteiger partial charge in [0.05, 0.1) is 6.54 Å². The minimum Gasteiger partial charge on any atom is -0.301 e. The van der Waals surface area contributed by atoms with Crippen molar-refractivity contribution < 1.29 is 0 Å². The molecule has 0 heterocycles. The zero-order valence-electron chi connectivity index (χ0n) is 7.20. The van der Waals surface area contributed by atoms with E-state index < -0.39 is 0 Å². The number of hydrogen-bond acceptors (Lipinski definition) is 1.